The predicted molar refractivity (Wildman–Crippen MR) is 168 cm³/mol. The number of nitrogens with one attached hydrogen (secondary N) is 3. The van der Waals surface area contributed by atoms with Crippen LogP contribution in [0.5, 0.6) is 0 Å². The van der Waals surface area contributed by atoms with Crippen molar-refractivity contribution in [1.29, 1.82) is 0 Å². The van der Waals surface area contributed by atoms with E-state index >= 15 is 0 Å². The third kappa shape index (κ3) is 15.2. The van der Waals surface area contributed by atoms with E-state index < -0.39 is 30.2 Å². The van der Waals surface area contributed by atoms with Gasteiger partial charge in [-0.15, -0.1) is 6.58 Å². The summed E-state index contributed by atoms with van der Waals surface area (Å²) in [6.07, 6.45) is 1.13. The summed E-state index contributed by atoms with van der Waals surface area (Å²) in [5.74, 6) is -1.28. The number of ether oxygens (including phenoxy) is 6. The fraction of sp³-hybridized carbons (Fsp3) is 0.290. The molecule has 0 fully saturated rings. The number of hydrogen-bond donors (Lipinski definition) is 3. The molecule has 3 amide bonds. The van der Waals surface area contributed by atoms with E-state index in [0.29, 0.717) is 34.9 Å². The summed E-state index contributed by atoms with van der Waals surface area (Å²) in [5, 5.41) is 7.68. The Morgan fingerprint density at radius 1 is 0.761 bits per heavy atom. The van der Waals surface area contributed by atoms with E-state index in [2.05, 4.69) is 34.1 Å². The van der Waals surface area contributed by atoms with Crippen LogP contribution in [0.25, 0.3) is 0 Å². The summed E-state index contributed by atoms with van der Waals surface area (Å²) in [6.45, 7) is 10.3. The average Bonchev–Trinajstić information content (AvgIpc) is 3.00. The number of carbonyl (C=O) groups excluding carboxylic acids is 5. The molecule has 15 heteroatoms. The van der Waals surface area contributed by atoms with Gasteiger partial charge in [0.05, 0.1) is 25.3 Å². The van der Waals surface area contributed by atoms with Crippen LogP contribution in [0.15, 0.2) is 66.7 Å². The van der Waals surface area contributed by atoms with Gasteiger partial charge < -0.3 is 28.4 Å². The Morgan fingerprint density at radius 3 is 1.96 bits per heavy atom. The highest BCUT2D eigenvalue weighted by Crippen LogP contribution is 2.22. The molecule has 0 unspecified atom stereocenters. The van der Waals surface area contributed by atoms with E-state index in [-0.39, 0.29) is 39.5 Å². The van der Waals surface area contributed by atoms with Crippen molar-refractivity contribution >= 4 is 59.4 Å². The van der Waals surface area contributed by atoms with Gasteiger partial charge in [-0.3, -0.25) is 20.7 Å². The van der Waals surface area contributed by atoms with Crippen LogP contribution in [0, 0.1) is 13.8 Å². The van der Waals surface area contributed by atoms with Crippen molar-refractivity contribution < 1.29 is 52.4 Å². The maximum atomic E-state index is 12.2. The molecule has 0 spiro atoms. The number of hydrogen-bond acceptors (Lipinski definition) is 12. The Morgan fingerprint density at radius 2 is 1.37 bits per heavy atom. The molecule has 2 aromatic carbocycles. The molecule has 246 valence electrons. The smallest absolute Gasteiger partial charge is 0.411 e. The van der Waals surface area contributed by atoms with Crippen molar-refractivity contribution in [3.05, 3.63) is 72.8 Å². The molecule has 2 aromatic rings. The lowest BCUT2D eigenvalue weighted by Crippen LogP contribution is -2.21. The number of esters is 2. The second-order valence-corrected chi connectivity index (χ2v) is 9.08. The highest BCUT2D eigenvalue weighted by atomic mass is 16.6. The number of carbonyl (C=O) groups is 5. The zero-order valence-electron chi connectivity index (χ0n) is 25.5. The van der Waals surface area contributed by atoms with Crippen molar-refractivity contribution in [2.45, 2.75) is 20.3 Å². The van der Waals surface area contributed by atoms with Crippen LogP contribution in [0.1, 0.15) is 17.5 Å². The topological polar surface area (TPSA) is 189 Å². The van der Waals surface area contributed by atoms with Crippen LogP contribution in [-0.4, -0.2) is 76.3 Å². The van der Waals surface area contributed by atoms with Crippen molar-refractivity contribution in [3.63, 3.8) is 0 Å². The quantitative estimate of drug-likeness (QED) is 0.0393. The maximum absolute atomic E-state index is 12.2. The summed E-state index contributed by atoms with van der Waals surface area (Å²) in [6, 6.07) is 9.66. The summed E-state index contributed by atoms with van der Waals surface area (Å²) in [5.41, 5.74) is 3.04. The van der Waals surface area contributed by atoms with Crippen LogP contribution in [0.2, 0.25) is 0 Å². The van der Waals surface area contributed by atoms with Crippen LogP contribution >= 0.6 is 0 Å². The Bertz CT molecular complexity index is 1430. The maximum Gasteiger partial charge on any atom is 0.411 e. The van der Waals surface area contributed by atoms with Gasteiger partial charge in [-0.25, -0.2) is 24.2 Å². The van der Waals surface area contributed by atoms with E-state index in [1.54, 1.807) is 50.3 Å². The minimum atomic E-state index is -0.795. The third-order valence-electron chi connectivity index (χ3n) is 5.37. The number of aliphatic imine (C=N–C) groups is 1. The van der Waals surface area contributed by atoms with Crippen LogP contribution < -0.4 is 16.0 Å². The molecule has 0 bridgehead atoms. The van der Waals surface area contributed by atoms with Crippen LogP contribution in [-0.2, 0) is 38.0 Å². The highest BCUT2D eigenvalue weighted by Gasteiger charge is 2.10. The summed E-state index contributed by atoms with van der Waals surface area (Å²) >= 11 is 0. The van der Waals surface area contributed by atoms with Gasteiger partial charge in [0.1, 0.15) is 26.4 Å². The van der Waals surface area contributed by atoms with Gasteiger partial charge in [0, 0.05) is 23.1 Å². The molecule has 46 heavy (non-hydrogen) atoms. The van der Waals surface area contributed by atoms with Gasteiger partial charge in [-0.2, -0.15) is 0 Å². The zero-order chi connectivity index (χ0) is 33.7. The Balaban J connectivity index is 1.71. The van der Waals surface area contributed by atoms with Gasteiger partial charge in [-0.1, -0.05) is 12.7 Å². The Labute approximate surface area is 265 Å². The molecule has 0 atom stereocenters. The molecule has 0 saturated heterocycles. The number of nitrogens with zero attached hydrogens (tertiary/aromatic N) is 1. The lowest BCUT2D eigenvalue weighted by atomic mass is 10.2. The van der Waals surface area contributed by atoms with Crippen LogP contribution in [0.4, 0.5) is 37.1 Å². The standard InChI is InChI=1S/C31H36N4O11/c1-5-10-41-12-13-43-29(38)33-24-16-21(3)17-25(19-24)34-30(39)44-14-15-45-31(40)35-26-8-7-23(18-22(26)4)32-20-46-28(37)9-11-42-27(36)6-2/h5-8,16-20H,1-2,9-15H2,3-4H3,(H,33,38)(H,34,39)(H,35,40). The Hall–Kier alpha value is -5.70. The fourth-order valence-corrected chi connectivity index (χ4v) is 3.38. The predicted octanol–water partition coefficient (Wildman–Crippen LogP) is 5.17. The van der Waals surface area contributed by atoms with E-state index in [1.807, 2.05) is 0 Å². The second-order valence-electron chi connectivity index (χ2n) is 9.08. The monoisotopic (exact) mass is 640 g/mol. The van der Waals surface area contributed by atoms with Crippen LogP contribution in [0.3, 0.4) is 0 Å². The molecule has 0 heterocycles. The number of rotatable bonds is 17. The molecule has 0 aliphatic heterocycles. The molecule has 0 radical (unpaired) electrons. The van der Waals surface area contributed by atoms with E-state index in [4.69, 9.17) is 28.4 Å². The first-order valence-electron chi connectivity index (χ1n) is 13.8. The lowest BCUT2D eigenvalue weighted by Gasteiger charge is -2.12. The molecule has 3 N–H and O–H groups in total. The molecule has 15 nitrogen and oxygen atoms in total. The van der Waals surface area contributed by atoms with Crippen molar-refractivity contribution in [2.24, 2.45) is 4.99 Å². The van der Waals surface area contributed by atoms with Gasteiger partial charge in [0.15, 0.2) is 6.40 Å². The number of aryl methyl sites for hydroxylation is 2. The minimum absolute atomic E-state index is 0.0607. The van der Waals surface area contributed by atoms with Gasteiger partial charge in [-0.05, 0) is 61.4 Å². The van der Waals surface area contributed by atoms with Crippen molar-refractivity contribution in [1.82, 2.24) is 0 Å². The van der Waals surface area contributed by atoms with Crippen molar-refractivity contribution in [3.8, 4) is 0 Å². The van der Waals surface area contributed by atoms with Gasteiger partial charge in [0.25, 0.3) is 0 Å². The van der Waals surface area contributed by atoms with E-state index in [9.17, 15) is 24.0 Å². The first kappa shape index (κ1) is 36.5. The van der Waals surface area contributed by atoms with Gasteiger partial charge >= 0.3 is 30.2 Å². The van der Waals surface area contributed by atoms with E-state index in [0.717, 1.165) is 18.0 Å². The Kier molecular flexibility index (Phi) is 16.1. The molecule has 0 aliphatic rings. The molecule has 2 rings (SSSR count). The zero-order valence-corrected chi connectivity index (χ0v) is 25.5. The molecule has 0 aliphatic carbocycles. The normalized spacial score (nSPS) is 10.3. The minimum Gasteiger partial charge on any atom is -0.462 e. The number of amides is 3. The largest absolute Gasteiger partial charge is 0.462 e. The second kappa shape index (κ2) is 20.3. The summed E-state index contributed by atoms with van der Waals surface area (Å²) in [4.78, 5) is 63.0. The summed E-state index contributed by atoms with van der Waals surface area (Å²) < 4.78 is 29.8. The summed E-state index contributed by atoms with van der Waals surface area (Å²) in [7, 11) is 0. The molecule has 0 saturated carbocycles. The molecular weight excluding hydrogens is 604 g/mol. The van der Waals surface area contributed by atoms with Gasteiger partial charge in [0.2, 0.25) is 0 Å². The molecule has 0 aromatic heterocycles. The number of anilines is 3. The fourth-order valence-electron chi connectivity index (χ4n) is 3.38. The van der Waals surface area contributed by atoms with E-state index in [1.165, 1.54) is 6.07 Å². The highest BCUT2D eigenvalue weighted by molar-refractivity contribution is 5.89. The average molecular weight is 641 g/mol. The first-order valence-corrected chi connectivity index (χ1v) is 13.8. The third-order valence-corrected chi connectivity index (χ3v) is 5.37. The SMILES string of the molecule is C=CCOCCOC(=O)Nc1cc(C)cc(NC(=O)OCCOC(=O)Nc2ccc(N=COC(=O)CCOC(=O)C=C)cc2C)c1. The molecular formula is C31H36N4O11. The number of benzene rings is 2. The first-order chi connectivity index (χ1) is 22.1. The lowest BCUT2D eigenvalue weighted by molar-refractivity contribution is -0.141. The van der Waals surface area contributed by atoms with Crippen molar-refractivity contribution in [2.75, 3.05) is 55.6 Å².